The topological polar surface area (TPSA) is 96.6 Å². The molecule has 2 aromatic carbocycles. The van der Waals surface area contributed by atoms with Crippen molar-refractivity contribution in [3.63, 3.8) is 0 Å². The van der Waals surface area contributed by atoms with Gasteiger partial charge in [0.15, 0.2) is 5.57 Å². The van der Waals surface area contributed by atoms with Crippen LogP contribution in [0.2, 0.25) is 0 Å². The Kier molecular flexibility index (Phi) is 7.92. The third-order valence-corrected chi connectivity index (χ3v) is 6.72. The van der Waals surface area contributed by atoms with Crippen molar-refractivity contribution < 1.29 is 4.74 Å². The second-order valence-corrected chi connectivity index (χ2v) is 9.13. The van der Waals surface area contributed by atoms with E-state index in [4.69, 9.17) is 9.84 Å². The zero-order valence-corrected chi connectivity index (χ0v) is 21.0. The quantitative estimate of drug-likeness (QED) is 0.349. The highest BCUT2D eigenvalue weighted by molar-refractivity contribution is 7.07. The smallest absolute Gasteiger partial charge is 0.269 e. The van der Waals surface area contributed by atoms with E-state index >= 15 is 0 Å². The monoisotopic (exact) mass is 495 g/mol. The fraction of sp³-hybridized carbons (Fsp3) is 0.214. The number of ether oxygens (including phenoxy) is 1. The summed E-state index contributed by atoms with van der Waals surface area (Å²) in [5.41, 5.74) is 4.15. The molecule has 0 bridgehead atoms. The second kappa shape index (κ2) is 11.5. The van der Waals surface area contributed by atoms with Gasteiger partial charge in [-0.15, -0.1) is 11.3 Å². The molecule has 4 aromatic rings. The van der Waals surface area contributed by atoms with Crippen LogP contribution in [0.4, 0.5) is 0 Å². The Morgan fingerprint density at radius 3 is 2.50 bits per heavy atom. The Morgan fingerprint density at radius 2 is 1.83 bits per heavy atom. The highest BCUT2D eigenvalue weighted by Crippen LogP contribution is 2.24. The lowest BCUT2D eigenvalue weighted by molar-refractivity contribution is 0.141. The van der Waals surface area contributed by atoms with Crippen LogP contribution in [0.1, 0.15) is 24.5 Å². The van der Waals surface area contributed by atoms with Crippen LogP contribution in [0.15, 0.2) is 65.6 Å². The predicted octanol–water partition coefficient (Wildman–Crippen LogP) is 3.52. The first kappa shape index (κ1) is 24.9. The van der Waals surface area contributed by atoms with Gasteiger partial charge in [-0.3, -0.25) is 9.36 Å². The van der Waals surface area contributed by atoms with Gasteiger partial charge in [0.1, 0.15) is 16.8 Å². The Bertz CT molecular complexity index is 1600. The number of aromatic nitrogens is 3. The first-order valence-corrected chi connectivity index (χ1v) is 12.4. The van der Waals surface area contributed by atoms with Gasteiger partial charge in [-0.2, -0.15) is 15.6 Å². The average Bonchev–Trinajstić information content (AvgIpc) is 3.45. The highest BCUT2D eigenvalue weighted by atomic mass is 32.1. The average molecular weight is 496 g/mol. The molecule has 36 heavy (non-hydrogen) atoms. The molecule has 0 aliphatic heterocycles. The maximum atomic E-state index is 13.4. The molecule has 0 radical (unpaired) electrons. The molecule has 0 aliphatic carbocycles. The first-order chi connectivity index (χ1) is 17.5. The SMILES string of the molecule is CCOCCCn1c(=C(C#N)C#N)s/c(=C/c2cn(-c3ccccc3)nc2-c2ccc(C)cc2)c1=O. The molecule has 0 saturated carbocycles. The summed E-state index contributed by atoms with van der Waals surface area (Å²) in [6.45, 7) is 5.38. The fourth-order valence-electron chi connectivity index (χ4n) is 3.78. The van der Waals surface area contributed by atoms with Gasteiger partial charge < -0.3 is 4.74 Å². The molecule has 4 rings (SSSR count). The minimum Gasteiger partial charge on any atom is -0.382 e. The van der Waals surface area contributed by atoms with Crippen molar-refractivity contribution in [3.8, 4) is 29.1 Å². The maximum Gasteiger partial charge on any atom is 0.269 e. The first-order valence-electron chi connectivity index (χ1n) is 11.6. The Balaban J connectivity index is 1.91. The summed E-state index contributed by atoms with van der Waals surface area (Å²) in [7, 11) is 0. The molecule has 0 aliphatic rings. The molecule has 180 valence electrons. The largest absolute Gasteiger partial charge is 0.382 e. The standard InChI is InChI=1S/C28H25N5O2S/c1-3-35-15-7-14-32-27(34)25(36-28(32)23(17-29)18-30)16-22-19-33(24-8-5-4-6-9-24)31-26(22)21-12-10-20(2)11-13-21/h4-6,8-13,16,19H,3,7,14-15H2,1-2H3/b25-16+. The highest BCUT2D eigenvalue weighted by Gasteiger charge is 2.14. The third kappa shape index (κ3) is 5.36. The van der Waals surface area contributed by atoms with Gasteiger partial charge >= 0.3 is 0 Å². The summed E-state index contributed by atoms with van der Waals surface area (Å²) in [6, 6.07) is 21.7. The van der Waals surface area contributed by atoms with Crippen LogP contribution >= 0.6 is 11.3 Å². The van der Waals surface area contributed by atoms with Gasteiger partial charge in [-0.1, -0.05) is 48.0 Å². The Hall–Kier alpha value is -4.24. The molecule has 0 N–H and O–H groups in total. The van der Waals surface area contributed by atoms with Crippen LogP contribution in [0.3, 0.4) is 0 Å². The molecule has 0 amide bonds. The number of rotatable bonds is 8. The van der Waals surface area contributed by atoms with Gasteiger partial charge in [0, 0.05) is 37.1 Å². The van der Waals surface area contributed by atoms with E-state index < -0.39 is 0 Å². The van der Waals surface area contributed by atoms with Gasteiger partial charge in [0.2, 0.25) is 0 Å². The Morgan fingerprint density at radius 1 is 1.11 bits per heavy atom. The number of benzene rings is 2. The molecule has 0 saturated heterocycles. The summed E-state index contributed by atoms with van der Waals surface area (Å²) in [4.78, 5) is 13.4. The van der Waals surface area contributed by atoms with Gasteiger partial charge in [0.25, 0.3) is 5.56 Å². The van der Waals surface area contributed by atoms with E-state index in [2.05, 4.69) is 0 Å². The molecule has 2 aromatic heterocycles. The molecule has 2 heterocycles. The van der Waals surface area contributed by atoms with Crippen LogP contribution in [0.5, 0.6) is 0 Å². The maximum absolute atomic E-state index is 13.4. The summed E-state index contributed by atoms with van der Waals surface area (Å²) in [5.74, 6) is 0. The second-order valence-electron chi connectivity index (χ2n) is 8.10. The van der Waals surface area contributed by atoms with Crippen molar-refractivity contribution in [1.82, 2.24) is 14.3 Å². The minimum atomic E-state index is -0.239. The molecule has 8 heteroatoms. The van der Waals surface area contributed by atoms with Crippen molar-refractivity contribution in [3.05, 3.63) is 91.5 Å². The van der Waals surface area contributed by atoms with Crippen molar-refractivity contribution in [1.29, 1.82) is 10.5 Å². The fourth-order valence-corrected chi connectivity index (χ4v) is 4.85. The molecule has 7 nitrogen and oxygen atoms in total. The van der Waals surface area contributed by atoms with E-state index in [0.29, 0.717) is 35.4 Å². The lowest BCUT2D eigenvalue weighted by Crippen LogP contribution is -2.32. The lowest BCUT2D eigenvalue weighted by Gasteiger charge is -2.02. The number of thiazole rings is 1. The van der Waals surface area contributed by atoms with Crippen molar-refractivity contribution in [2.75, 3.05) is 13.2 Å². The lowest BCUT2D eigenvalue weighted by atomic mass is 10.1. The zero-order chi connectivity index (χ0) is 25.5. The van der Waals surface area contributed by atoms with Crippen LogP contribution in [-0.2, 0) is 11.3 Å². The van der Waals surface area contributed by atoms with Crippen LogP contribution in [0.25, 0.3) is 28.6 Å². The van der Waals surface area contributed by atoms with Gasteiger partial charge in [0.05, 0.1) is 15.9 Å². The van der Waals surface area contributed by atoms with Gasteiger partial charge in [-0.25, -0.2) is 4.68 Å². The third-order valence-electron chi connectivity index (χ3n) is 5.59. The minimum absolute atomic E-state index is 0.0769. The summed E-state index contributed by atoms with van der Waals surface area (Å²) < 4.78 is 9.49. The summed E-state index contributed by atoms with van der Waals surface area (Å²) in [5, 5.41) is 23.8. The van der Waals surface area contributed by atoms with E-state index in [1.807, 2.05) is 86.8 Å². The molecular formula is C28H25N5O2S. The normalized spacial score (nSPS) is 11.3. The van der Waals surface area contributed by atoms with E-state index in [-0.39, 0.29) is 11.1 Å². The molecule has 0 unspecified atom stereocenters. The van der Waals surface area contributed by atoms with Crippen LogP contribution in [0, 0.1) is 29.6 Å². The molecule has 0 fully saturated rings. The van der Waals surface area contributed by atoms with Gasteiger partial charge in [-0.05, 0) is 38.5 Å². The van der Waals surface area contributed by atoms with E-state index in [1.165, 1.54) is 4.57 Å². The molecule has 0 spiro atoms. The van der Waals surface area contributed by atoms with Crippen molar-refractivity contribution >= 4 is 23.0 Å². The zero-order valence-electron chi connectivity index (χ0n) is 20.1. The van der Waals surface area contributed by atoms with E-state index in [1.54, 1.807) is 10.8 Å². The number of nitrogens with zero attached hydrogens (tertiary/aromatic N) is 5. The van der Waals surface area contributed by atoms with Crippen LogP contribution in [-0.4, -0.2) is 27.6 Å². The predicted molar refractivity (Wildman–Crippen MR) is 141 cm³/mol. The van der Waals surface area contributed by atoms with Crippen molar-refractivity contribution in [2.24, 2.45) is 0 Å². The Labute approximate surface area is 213 Å². The van der Waals surface area contributed by atoms with Crippen molar-refractivity contribution in [2.45, 2.75) is 26.8 Å². The summed E-state index contributed by atoms with van der Waals surface area (Å²) in [6.07, 6.45) is 4.28. The number of para-hydroxylation sites is 1. The number of hydrogen-bond acceptors (Lipinski definition) is 6. The summed E-state index contributed by atoms with van der Waals surface area (Å²) >= 11 is 1.15. The number of hydrogen-bond donors (Lipinski definition) is 0. The number of nitriles is 2. The van der Waals surface area contributed by atoms with E-state index in [0.717, 1.165) is 39.4 Å². The molecular weight excluding hydrogens is 470 g/mol. The van der Waals surface area contributed by atoms with E-state index in [9.17, 15) is 15.3 Å². The number of aryl methyl sites for hydroxylation is 1. The molecule has 0 atom stereocenters. The van der Waals surface area contributed by atoms with Crippen LogP contribution < -0.4 is 14.8 Å².